The van der Waals surface area contributed by atoms with E-state index in [4.69, 9.17) is 0 Å². The van der Waals surface area contributed by atoms with Gasteiger partial charge < -0.3 is 14.9 Å². The number of hydrogen-bond acceptors (Lipinski definition) is 6. The van der Waals surface area contributed by atoms with Crippen molar-refractivity contribution in [2.45, 2.75) is 38.8 Å². The van der Waals surface area contributed by atoms with Crippen LogP contribution in [0.5, 0.6) is 0 Å². The van der Waals surface area contributed by atoms with Gasteiger partial charge in [-0.1, -0.05) is 19.1 Å². The van der Waals surface area contributed by atoms with Crippen molar-refractivity contribution in [3.8, 4) is 0 Å². The molecule has 8 heteroatoms. The molecule has 0 bridgehead atoms. The highest BCUT2D eigenvalue weighted by atomic mass is 16.3. The molecule has 1 amide bonds. The van der Waals surface area contributed by atoms with Crippen LogP contribution in [0.2, 0.25) is 0 Å². The van der Waals surface area contributed by atoms with Crippen LogP contribution in [0.25, 0.3) is 0 Å². The van der Waals surface area contributed by atoms with Gasteiger partial charge in [0.1, 0.15) is 6.33 Å². The SMILES string of the molecule is CCCN(C)CC(O)C1CCN(C(=O)c2ccc(Cn3cnnn3)cc2)CC1. The lowest BCUT2D eigenvalue weighted by Gasteiger charge is -2.35. The number of tetrazole rings is 1. The Balaban J connectivity index is 1.49. The van der Waals surface area contributed by atoms with E-state index in [0.717, 1.165) is 31.4 Å². The number of aliphatic hydroxyl groups is 1. The van der Waals surface area contributed by atoms with E-state index < -0.39 is 0 Å². The first-order chi connectivity index (χ1) is 13.6. The van der Waals surface area contributed by atoms with Gasteiger partial charge in [-0.15, -0.1) is 5.10 Å². The second-order valence-electron chi connectivity index (χ2n) is 7.66. The average Bonchev–Trinajstić information content (AvgIpc) is 3.21. The van der Waals surface area contributed by atoms with Crippen molar-refractivity contribution in [2.75, 3.05) is 33.2 Å². The van der Waals surface area contributed by atoms with Gasteiger partial charge in [-0.05, 0) is 66.9 Å². The average molecular weight is 387 g/mol. The highest BCUT2D eigenvalue weighted by Crippen LogP contribution is 2.23. The molecule has 8 nitrogen and oxygen atoms in total. The number of rotatable bonds is 8. The number of aliphatic hydroxyl groups excluding tert-OH is 1. The summed E-state index contributed by atoms with van der Waals surface area (Å²) in [6, 6.07) is 7.61. The number of likely N-dealkylation sites (tertiary alicyclic amines) is 1. The molecule has 1 aromatic heterocycles. The topological polar surface area (TPSA) is 87.4 Å². The van der Waals surface area contributed by atoms with Crippen LogP contribution in [0.15, 0.2) is 30.6 Å². The van der Waals surface area contributed by atoms with E-state index in [2.05, 4.69) is 34.4 Å². The maximum absolute atomic E-state index is 12.8. The molecule has 0 saturated carbocycles. The van der Waals surface area contributed by atoms with Gasteiger partial charge in [0.05, 0.1) is 12.6 Å². The molecule has 1 unspecified atom stereocenters. The quantitative estimate of drug-likeness (QED) is 0.735. The normalized spacial score (nSPS) is 16.5. The standard InChI is InChI=1S/C20H30N6O2/c1-3-10-24(2)14-19(27)17-8-11-25(12-9-17)20(28)18-6-4-16(5-7-18)13-26-15-21-22-23-26/h4-7,15,17,19,27H,3,8-14H2,1-2H3. The molecular weight excluding hydrogens is 356 g/mol. The summed E-state index contributed by atoms with van der Waals surface area (Å²) in [5, 5.41) is 21.6. The van der Waals surface area contributed by atoms with E-state index in [9.17, 15) is 9.90 Å². The summed E-state index contributed by atoms with van der Waals surface area (Å²) in [5.41, 5.74) is 1.74. The molecule has 1 aliphatic rings. The fourth-order valence-corrected chi connectivity index (χ4v) is 3.80. The highest BCUT2D eigenvalue weighted by molar-refractivity contribution is 5.94. The van der Waals surface area contributed by atoms with Crippen molar-refractivity contribution in [3.63, 3.8) is 0 Å². The number of carbonyl (C=O) groups excluding carboxylic acids is 1. The maximum atomic E-state index is 12.8. The molecule has 152 valence electrons. The summed E-state index contributed by atoms with van der Waals surface area (Å²) in [5.74, 6) is 0.326. The number of hydrogen-bond donors (Lipinski definition) is 1. The Morgan fingerprint density at radius 1 is 1.29 bits per heavy atom. The van der Waals surface area contributed by atoms with Crippen molar-refractivity contribution in [1.29, 1.82) is 0 Å². The van der Waals surface area contributed by atoms with Gasteiger partial charge in [-0.2, -0.15) is 0 Å². The Hall–Kier alpha value is -2.32. The van der Waals surface area contributed by atoms with Crippen molar-refractivity contribution in [2.24, 2.45) is 5.92 Å². The number of piperidine rings is 1. The second-order valence-corrected chi connectivity index (χ2v) is 7.66. The lowest BCUT2D eigenvalue weighted by atomic mass is 9.90. The summed E-state index contributed by atoms with van der Waals surface area (Å²) in [7, 11) is 2.05. The minimum Gasteiger partial charge on any atom is -0.392 e. The van der Waals surface area contributed by atoms with Gasteiger partial charge in [0.15, 0.2) is 0 Å². The number of benzene rings is 1. The zero-order chi connectivity index (χ0) is 19.9. The minimum atomic E-state index is -0.320. The molecule has 2 aromatic rings. The van der Waals surface area contributed by atoms with Crippen LogP contribution < -0.4 is 0 Å². The van der Waals surface area contributed by atoms with Crippen LogP contribution >= 0.6 is 0 Å². The third-order valence-corrected chi connectivity index (χ3v) is 5.41. The number of amides is 1. The molecule has 28 heavy (non-hydrogen) atoms. The van der Waals surface area contributed by atoms with Gasteiger partial charge in [0.25, 0.3) is 5.91 Å². The summed E-state index contributed by atoms with van der Waals surface area (Å²) >= 11 is 0. The Kier molecular flexibility index (Phi) is 7.11. The first-order valence-corrected chi connectivity index (χ1v) is 10.0. The van der Waals surface area contributed by atoms with Crippen LogP contribution in [0.3, 0.4) is 0 Å². The number of carbonyl (C=O) groups is 1. The lowest BCUT2D eigenvalue weighted by molar-refractivity contribution is 0.0330. The summed E-state index contributed by atoms with van der Waals surface area (Å²) < 4.78 is 1.64. The predicted molar refractivity (Wildman–Crippen MR) is 106 cm³/mol. The molecule has 0 aliphatic carbocycles. The smallest absolute Gasteiger partial charge is 0.253 e. The van der Waals surface area contributed by atoms with Gasteiger partial charge in [0, 0.05) is 25.2 Å². The highest BCUT2D eigenvalue weighted by Gasteiger charge is 2.28. The van der Waals surface area contributed by atoms with Gasteiger partial charge in [-0.25, -0.2) is 4.68 Å². The monoisotopic (exact) mass is 386 g/mol. The molecule has 0 spiro atoms. The molecular formula is C20H30N6O2. The molecule has 1 fully saturated rings. The molecule has 1 aromatic carbocycles. The fraction of sp³-hybridized carbons (Fsp3) is 0.600. The molecule has 1 saturated heterocycles. The van der Waals surface area contributed by atoms with Crippen molar-refractivity contribution in [3.05, 3.63) is 41.7 Å². The van der Waals surface area contributed by atoms with Crippen molar-refractivity contribution in [1.82, 2.24) is 30.0 Å². The first kappa shape index (κ1) is 20.4. The van der Waals surface area contributed by atoms with E-state index in [0.29, 0.717) is 31.7 Å². The number of nitrogens with zero attached hydrogens (tertiary/aromatic N) is 6. The lowest BCUT2D eigenvalue weighted by Crippen LogP contribution is -2.43. The molecule has 2 heterocycles. The second kappa shape index (κ2) is 9.75. The zero-order valence-electron chi connectivity index (χ0n) is 16.7. The molecule has 1 aliphatic heterocycles. The van der Waals surface area contributed by atoms with Gasteiger partial charge in [-0.3, -0.25) is 4.79 Å². The van der Waals surface area contributed by atoms with Crippen LogP contribution in [0.4, 0.5) is 0 Å². The van der Waals surface area contributed by atoms with E-state index >= 15 is 0 Å². The van der Waals surface area contributed by atoms with Crippen molar-refractivity contribution >= 4 is 5.91 Å². The van der Waals surface area contributed by atoms with E-state index in [-0.39, 0.29) is 17.9 Å². The van der Waals surface area contributed by atoms with E-state index in [1.165, 1.54) is 0 Å². The van der Waals surface area contributed by atoms with Gasteiger partial charge >= 0.3 is 0 Å². The fourth-order valence-electron chi connectivity index (χ4n) is 3.80. The third kappa shape index (κ3) is 5.36. The molecule has 0 radical (unpaired) electrons. The van der Waals surface area contributed by atoms with Crippen LogP contribution in [-0.2, 0) is 6.54 Å². The molecule has 3 rings (SSSR count). The Labute approximate surface area is 166 Å². The predicted octanol–water partition coefficient (Wildman–Crippen LogP) is 1.28. The Morgan fingerprint density at radius 3 is 2.61 bits per heavy atom. The Morgan fingerprint density at radius 2 is 2.00 bits per heavy atom. The zero-order valence-corrected chi connectivity index (χ0v) is 16.7. The first-order valence-electron chi connectivity index (χ1n) is 10.0. The Bertz CT molecular complexity index is 726. The molecule has 1 N–H and O–H groups in total. The molecule has 1 atom stereocenters. The largest absolute Gasteiger partial charge is 0.392 e. The summed E-state index contributed by atoms with van der Waals surface area (Å²) in [4.78, 5) is 16.9. The van der Waals surface area contributed by atoms with Gasteiger partial charge in [0.2, 0.25) is 0 Å². The van der Waals surface area contributed by atoms with Crippen LogP contribution in [-0.4, -0.2) is 80.4 Å². The summed E-state index contributed by atoms with van der Waals surface area (Å²) in [6.07, 6.45) is 4.04. The van der Waals surface area contributed by atoms with E-state index in [1.807, 2.05) is 29.2 Å². The van der Waals surface area contributed by atoms with Crippen LogP contribution in [0.1, 0.15) is 42.1 Å². The number of likely N-dealkylation sites (N-methyl/N-ethyl adjacent to an activating group) is 1. The summed E-state index contributed by atoms with van der Waals surface area (Å²) in [6.45, 7) is 5.82. The minimum absolute atomic E-state index is 0.0602. The van der Waals surface area contributed by atoms with E-state index in [1.54, 1.807) is 11.0 Å². The maximum Gasteiger partial charge on any atom is 0.253 e. The third-order valence-electron chi connectivity index (χ3n) is 5.41. The van der Waals surface area contributed by atoms with Crippen LogP contribution in [0, 0.1) is 5.92 Å². The number of aromatic nitrogens is 4. The van der Waals surface area contributed by atoms with Crippen molar-refractivity contribution < 1.29 is 9.90 Å².